The van der Waals surface area contributed by atoms with Crippen LogP contribution in [0.3, 0.4) is 0 Å². The van der Waals surface area contributed by atoms with Gasteiger partial charge < -0.3 is 0 Å². The molecule has 0 aromatic heterocycles. The van der Waals surface area contributed by atoms with Crippen molar-refractivity contribution in [3.63, 3.8) is 0 Å². The molecule has 0 amide bonds. The van der Waals surface area contributed by atoms with Crippen molar-refractivity contribution < 1.29 is 0 Å². The summed E-state index contributed by atoms with van der Waals surface area (Å²) in [5.41, 5.74) is 0.894. The highest BCUT2D eigenvalue weighted by atomic mass is 14.5. The van der Waals surface area contributed by atoms with Crippen LogP contribution in [-0.2, 0) is 0 Å². The van der Waals surface area contributed by atoms with Gasteiger partial charge in [-0.1, -0.05) is 62.3 Å². The Bertz CT molecular complexity index is 224. The molecule has 0 radical (unpaired) electrons. The first-order valence-electron chi connectivity index (χ1n) is 7.46. The van der Waals surface area contributed by atoms with Crippen molar-refractivity contribution in [3.8, 4) is 0 Å². The summed E-state index contributed by atoms with van der Waals surface area (Å²) in [6.45, 7) is 22.0. The van der Waals surface area contributed by atoms with Gasteiger partial charge in [-0.3, -0.25) is 0 Å². The summed E-state index contributed by atoms with van der Waals surface area (Å²) in [6, 6.07) is 0. The molecule has 4 atom stereocenters. The van der Waals surface area contributed by atoms with Crippen LogP contribution in [0.15, 0.2) is 0 Å². The third-order valence-corrected chi connectivity index (χ3v) is 5.10. The molecule has 0 bridgehead atoms. The molecule has 0 aromatic carbocycles. The van der Waals surface area contributed by atoms with Gasteiger partial charge >= 0.3 is 0 Å². The van der Waals surface area contributed by atoms with Crippen molar-refractivity contribution in [1.29, 1.82) is 0 Å². The van der Waals surface area contributed by atoms with Gasteiger partial charge in [-0.05, 0) is 46.8 Å². The quantitative estimate of drug-likeness (QED) is 0.513. The fourth-order valence-corrected chi connectivity index (χ4v) is 5.42. The molecule has 1 saturated carbocycles. The Morgan fingerprint density at radius 2 is 0.941 bits per heavy atom. The van der Waals surface area contributed by atoms with Gasteiger partial charge in [0.1, 0.15) is 0 Å². The normalized spacial score (nSPS) is 40.4. The predicted octanol–water partition coefficient (Wildman–Crippen LogP) is 5.62. The lowest BCUT2D eigenvalue weighted by Gasteiger charge is -2.53. The van der Waals surface area contributed by atoms with Crippen LogP contribution in [0.4, 0.5) is 0 Å². The molecule has 0 saturated heterocycles. The second-order valence-corrected chi connectivity index (χ2v) is 8.83. The van der Waals surface area contributed by atoms with Gasteiger partial charge in [-0.25, -0.2) is 0 Å². The van der Waals surface area contributed by atoms with E-state index in [0.717, 1.165) is 29.6 Å². The molecule has 0 N–H and O–H groups in total. The highest BCUT2D eigenvalue weighted by Gasteiger charge is 2.47. The maximum atomic E-state index is 2.51. The van der Waals surface area contributed by atoms with Crippen molar-refractivity contribution in [2.75, 3.05) is 0 Å². The van der Waals surface area contributed by atoms with Gasteiger partial charge in [-0.15, -0.1) is 0 Å². The van der Waals surface area contributed by atoms with Gasteiger partial charge in [0, 0.05) is 0 Å². The molecule has 0 heteroatoms. The largest absolute Gasteiger partial charge is 0.0622 e. The van der Waals surface area contributed by atoms with E-state index in [-0.39, 0.29) is 0 Å². The van der Waals surface area contributed by atoms with Crippen LogP contribution in [0.25, 0.3) is 0 Å². The third-order valence-electron chi connectivity index (χ3n) is 5.10. The molecule has 1 aliphatic carbocycles. The van der Waals surface area contributed by atoms with Crippen molar-refractivity contribution in [2.24, 2.45) is 40.4 Å². The summed E-state index contributed by atoms with van der Waals surface area (Å²) in [5, 5.41) is 0. The fraction of sp³-hybridized carbons (Fsp3) is 1.00. The van der Waals surface area contributed by atoms with Crippen LogP contribution in [0, 0.1) is 40.4 Å². The first-order chi connectivity index (χ1) is 7.46. The minimum absolute atomic E-state index is 0.447. The zero-order valence-electron chi connectivity index (χ0n) is 13.6. The average molecular weight is 238 g/mol. The van der Waals surface area contributed by atoms with Crippen LogP contribution >= 0.6 is 0 Å². The molecular formula is C17H34. The molecular weight excluding hydrogens is 204 g/mol. The predicted molar refractivity (Wildman–Crippen MR) is 78.0 cm³/mol. The monoisotopic (exact) mass is 238 g/mol. The molecule has 4 unspecified atom stereocenters. The Balaban J connectivity index is 3.04. The highest BCUT2D eigenvalue weighted by molar-refractivity contribution is 4.95. The van der Waals surface area contributed by atoms with Gasteiger partial charge in [0.05, 0.1) is 0 Å². The molecule has 1 aliphatic rings. The van der Waals surface area contributed by atoms with Crippen LogP contribution < -0.4 is 0 Å². The molecule has 0 spiro atoms. The summed E-state index contributed by atoms with van der Waals surface area (Å²) in [7, 11) is 0. The van der Waals surface area contributed by atoms with Crippen molar-refractivity contribution in [1.82, 2.24) is 0 Å². The molecule has 0 aliphatic heterocycles. The lowest BCUT2D eigenvalue weighted by molar-refractivity contribution is -0.0490. The Kier molecular flexibility index (Phi) is 4.07. The summed E-state index contributed by atoms with van der Waals surface area (Å²) in [4.78, 5) is 0. The summed E-state index contributed by atoms with van der Waals surface area (Å²) >= 11 is 0. The molecule has 0 aromatic rings. The van der Waals surface area contributed by atoms with Crippen LogP contribution in [-0.4, -0.2) is 0 Å². The number of hydrogen-bond donors (Lipinski definition) is 0. The highest BCUT2D eigenvalue weighted by Crippen LogP contribution is 2.54. The minimum atomic E-state index is 0.447. The maximum absolute atomic E-state index is 2.51. The lowest BCUT2D eigenvalue weighted by atomic mass is 9.52. The van der Waals surface area contributed by atoms with E-state index in [0.29, 0.717) is 10.8 Å². The smallest absolute Gasteiger partial charge is 0.0311 e. The summed E-state index contributed by atoms with van der Waals surface area (Å²) in [6.07, 6.45) is 1.41. The Labute approximate surface area is 110 Å². The molecule has 0 heterocycles. The molecule has 17 heavy (non-hydrogen) atoms. The topological polar surface area (TPSA) is 0 Å². The number of hydrogen-bond acceptors (Lipinski definition) is 0. The zero-order chi connectivity index (χ0) is 13.6. The van der Waals surface area contributed by atoms with Crippen molar-refractivity contribution in [3.05, 3.63) is 0 Å². The van der Waals surface area contributed by atoms with E-state index in [4.69, 9.17) is 0 Å². The van der Waals surface area contributed by atoms with E-state index in [1.54, 1.807) is 0 Å². The Morgan fingerprint density at radius 3 is 1.18 bits per heavy atom. The van der Waals surface area contributed by atoms with E-state index in [1.165, 1.54) is 6.42 Å². The van der Waals surface area contributed by atoms with Crippen molar-refractivity contribution in [2.45, 2.75) is 68.7 Å². The van der Waals surface area contributed by atoms with E-state index >= 15 is 0 Å². The standard InChI is InChI=1S/C17H34/c1-11-10-12(2)15(17(7,8)9)13(3)14(11)16(4,5)6/h11-15H,10H2,1-9H3. The SMILES string of the molecule is CC1CC(C)C(C(C)(C)C)C(C)C1C(C)(C)C. The van der Waals surface area contributed by atoms with E-state index in [9.17, 15) is 0 Å². The van der Waals surface area contributed by atoms with Crippen LogP contribution in [0.1, 0.15) is 68.7 Å². The molecule has 102 valence electrons. The second-order valence-electron chi connectivity index (χ2n) is 8.83. The van der Waals surface area contributed by atoms with E-state index in [2.05, 4.69) is 62.3 Å². The first kappa shape index (κ1) is 15.1. The van der Waals surface area contributed by atoms with Crippen LogP contribution in [0.5, 0.6) is 0 Å². The third kappa shape index (κ3) is 3.06. The summed E-state index contributed by atoms with van der Waals surface area (Å²) < 4.78 is 0. The second kappa shape index (κ2) is 4.59. The Morgan fingerprint density at radius 1 is 0.647 bits per heavy atom. The lowest BCUT2D eigenvalue weighted by Crippen LogP contribution is -2.47. The molecule has 1 rings (SSSR count). The zero-order valence-corrected chi connectivity index (χ0v) is 13.6. The van der Waals surface area contributed by atoms with Gasteiger partial charge in [0.2, 0.25) is 0 Å². The maximum Gasteiger partial charge on any atom is -0.0311 e. The first-order valence-corrected chi connectivity index (χ1v) is 7.46. The van der Waals surface area contributed by atoms with Gasteiger partial charge in [0.15, 0.2) is 0 Å². The summed E-state index contributed by atoms with van der Waals surface area (Å²) in [5.74, 6) is 4.32. The number of rotatable bonds is 0. The van der Waals surface area contributed by atoms with Crippen LogP contribution in [0.2, 0.25) is 0 Å². The van der Waals surface area contributed by atoms with Gasteiger partial charge in [0.25, 0.3) is 0 Å². The minimum Gasteiger partial charge on any atom is -0.0622 e. The average Bonchev–Trinajstić information content (AvgIpc) is 1.94. The van der Waals surface area contributed by atoms with E-state index in [1.807, 2.05) is 0 Å². The molecule has 0 nitrogen and oxygen atoms in total. The molecule has 1 fully saturated rings. The van der Waals surface area contributed by atoms with E-state index < -0.39 is 0 Å². The fourth-order valence-electron chi connectivity index (χ4n) is 5.42. The van der Waals surface area contributed by atoms with Gasteiger partial charge in [-0.2, -0.15) is 0 Å². The Hall–Kier alpha value is 0. The van der Waals surface area contributed by atoms with Crippen molar-refractivity contribution >= 4 is 0 Å².